The molecule has 1 aliphatic heterocycles. The predicted molar refractivity (Wildman–Crippen MR) is 102 cm³/mol. The molecule has 26 heavy (non-hydrogen) atoms. The van der Waals surface area contributed by atoms with Crippen molar-refractivity contribution in [1.82, 2.24) is 15.4 Å². The fraction of sp³-hybridized carbons (Fsp3) is 0.632. The van der Waals surface area contributed by atoms with Gasteiger partial charge in [-0.3, -0.25) is 4.79 Å². The molecular formula is C19H29N3O3S. The zero-order valence-corrected chi connectivity index (χ0v) is 16.2. The van der Waals surface area contributed by atoms with Crippen molar-refractivity contribution in [1.29, 1.82) is 0 Å². The van der Waals surface area contributed by atoms with Gasteiger partial charge in [0, 0.05) is 18.2 Å². The van der Waals surface area contributed by atoms with Crippen LogP contribution in [0, 0.1) is 12.8 Å². The Bertz CT molecular complexity index is 736. The zero-order chi connectivity index (χ0) is 18.6. The summed E-state index contributed by atoms with van der Waals surface area (Å²) in [4.78, 5) is 12.6. The third-order valence-electron chi connectivity index (χ3n) is 5.42. The fourth-order valence-corrected chi connectivity index (χ4v) is 5.39. The molecule has 144 valence electrons. The van der Waals surface area contributed by atoms with E-state index >= 15 is 0 Å². The van der Waals surface area contributed by atoms with Gasteiger partial charge < -0.3 is 10.6 Å². The summed E-state index contributed by atoms with van der Waals surface area (Å²) in [6.07, 6.45) is 5.98. The van der Waals surface area contributed by atoms with Crippen LogP contribution in [0.4, 0.5) is 0 Å². The highest BCUT2D eigenvalue weighted by molar-refractivity contribution is 7.89. The van der Waals surface area contributed by atoms with Crippen molar-refractivity contribution in [2.75, 3.05) is 19.6 Å². The minimum absolute atomic E-state index is 0.0110. The summed E-state index contributed by atoms with van der Waals surface area (Å²) in [5.74, 6) is 0.396. The molecule has 2 fully saturated rings. The molecule has 0 spiro atoms. The first kappa shape index (κ1) is 19.3. The van der Waals surface area contributed by atoms with Crippen LogP contribution >= 0.6 is 0 Å². The van der Waals surface area contributed by atoms with Crippen molar-refractivity contribution < 1.29 is 13.2 Å². The van der Waals surface area contributed by atoms with Crippen LogP contribution in [0.15, 0.2) is 23.1 Å². The maximum atomic E-state index is 12.7. The van der Waals surface area contributed by atoms with Crippen molar-refractivity contribution in [3.8, 4) is 0 Å². The van der Waals surface area contributed by atoms with Gasteiger partial charge in [-0.05, 0) is 69.3 Å². The number of hydrogen-bond donors (Lipinski definition) is 3. The van der Waals surface area contributed by atoms with Crippen LogP contribution in [0.3, 0.4) is 0 Å². The first-order valence-corrected chi connectivity index (χ1v) is 11.1. The summed E-state index contributed by atoms with van der Waals surface area (Å²) >= 11 is 0. The van der Waals surface area contributed by atoms with Gasteiger partial charge >= 0.3 is 0 Å². The summed E-state index contributed by atoms with van der Waals surface area (Å²) in [5.41, 5.74) is 1.05. The fourth-order valence-electron chi connectivity index (χ4n) is 3.81. The molecule has 7 heteroatoms. The molecule has 1 aromatic carbocycles. The molecule has 1 unspecified atom stereocenters. The first-order chi connectivity index (χ1) is 12.5. The van der Waals surface area contributed by atoms with Crippen molar-refractivity contribution in [2.24, 2.45) is 5.92 Å². The second kappa shape index (κ2) is 8.50. The number of rotatable bonds is 7. The van der Waals surface area contributed by atoms with Crippen LogP contribution < -0.4 is 15.4 Å². The van der Waals surface area contributed by atoms with Crippen LogP contribution in [-0.2, 0) is 10.0 Å². The number of benzene rings is 1. The summed E-state index contributed by atoms with van der Waals surface area (Å²) in [5, 5.41) is 6.23. The highest BCUT2D eigenvalue weighted by Gasteiger charge is 2.25. The van der Waals surface area contributed by atoms with Crippen LogP contribution in [-0.4, -0.2) is 40.0 Å². The van der Waals surface area contributed by atoms with Crippen molar-refractivity contribution in [2.45, 2.75) is 56.4 Å². The van der Waals surface area contributed by atoms with Crippen LogP contribution in [0.5, 0.6) is 0 Å². The molecule has 0 bridgehead atoms. The summed E-state index contributed by atoms with van der Waals surface area (Å²) in [7, 11) is -3.60. The van der Waals surface area contributed by atoms with Crippen LogP contribution in [0.1, 0.15) is 54.4 Å². The molecule has 1 saturated carbocycles. The normalized spacial score (nSPS) is 21.2. The topological polar surface area (TPSA) is 87.3 Å². The standard InChI is InChI=1S/C19H29N3O3S/c1-14-6-7-16(19(23)21-11-9-15-8-10-20-13-15)12-18(14)26(24,25)22-17-4-2-3-5-17/h6-7,12,15,17,20,22H,2-5,8-11,13H2,1H3,(H,21,23). The quantitative estimate of drug-likeness (QED) is 0.676. The van der Waals surface area contributed by atoms with E-state index in [1.807, 2.05) is 0 Å². The lowest BCUT2D eigenvalue weighted by Crippen LogP contribution is -2.33. The Morgan fingerprint density at radius 2 is 2.00 bits per heavy atom. The number of carbonyl (C=O) groups excluding carboxylic acids is 1. The van der Waals surface area contributed by atoms with Gasteiger partial charge in [0.2, 0.25) is 10.0 Å². The van der Waals surface area contributed by atoms with Crippen LogP contribution in [0.2, 0.25) is 0 Å². The van der Waals surface area contributed by atoms with E-state index in [0.29, 0.717) is 23.6 Å². The molecule has 1 saturated heterocycles. The third kappa shape index (κ3) is 4.84. The third-order valence-corrected chi connectivity index (χ3v) is 7.08. The van der Waals surface area contributed by atoms with E-state index in [4.69, 9.17) is 0 Å². The predicted octanol–water partition coefficient (Wildman–Crippen LogP) is 1.95. The molecule has 1 aliphatic carbocycles. The Labute approximate surface area is 156 Å². The maximum absolute atomic E-state index is 12.7. The Kier molecular flexibility index (Phi) is 6.32. The molecule has 3 rings (SSSR count). The molecule has 0 aromatic heterocycles. The second-order valence-electron chi connectivity index (χ2n) is 7.49. The van der Waals surface area contributed by atoms with Crippen molar-refractivity contribution in [3.05, 3.63) is 29.3 Å². The largest absolute Gasteiger partial charge is 0.352 e. The first-order valence-electron chi connectivity index (χ1n) is 9.57. The molecule has 6 nitrogen and oxygen atoms in total. The molecule has 1 amide bonds. The number of aryl methyl sites for hydroxylation is 1. The van der Waals surface area contributed by atoms with E-state index in [2.05, 4.69) is 15.4 Å². The number of sulfonamides is 1. The smallest absolute Gasteiger partial charge is 0.251 e. The summed E-state index contributed by atoms with van der Waals surface area (Å²) in [6.45, 7) is 4.43. The van der Waals surface area contributed by atoms with Crippen molar-refractivity contribution in [3.63, 3.8) is 0 Å². The van der Waals surface area contributed by atoms with Gasteiger partial charge in [0.15, 0.2) is 0 Å². The lowest BCUT2D eigenvalue weighted by atomic mass is 10.1. The monoisotopic (exact) mass is 379 g/mol. The Morgan fingerprint density at radius 1 is 1.23 bits per heavy atom. The number of hydrogen-bond acceptors (Lipinski definition) is 4. The highest BCUT2D eigenvalue weighted by Crippen LogP contribution is 2.22. The van der Waals surface area contributed by atoms with E-state index < -0.39 is 10.0 Å². The SMILES string of the molecule is Cc1ccc(C(=O)NCCC2CCNC2)cc1S(=O)(=O)NC1CCCC1. The lowest BCUT2D eigenvalue weighted by Gasteiger charge is -2.15. The van der Waals surface area contributed by atoms with Gasteiger partial charge in [0.25, 0.3) is 5.91 Å². The molecule has 1 atom stereocenters. The van der Waals surface area contributed by atoms with Gasteiger partial charge in [0.1, 0.15) is 0 Å². The summed E-state index contributed by atoms with van der Waals surface area (Å²) < 4.78 is 28.2. The minimum atomic E-state index is -3.60. The summed E-state index contributed by atoms with van der Waals surface area (Å²) in [6, 6.07) is 4.91. The molecule has 2 aliphatic rings. The van der Waals surface area contributed by atoms with E-state index in [1.165, 1.54) is 6.07 Å². The average Bonchev–Trinajstić information content (AvgIpc) is 3.28. The van der Waals surface area contributed by atoms with E-state index in [1.54, 1.807) is 19.1 Å². The van der Waals surface area contributed by atoms with E-state index in [0.717, 1.165) is 51.6 Å². The van der Waals surface area contributed by atoms with Gasteiger partial charge in [-0.25, -0.2) is 13.1 Å². The van der Waals surface area contributed by atoms with Gasteiger partial charge in [-0.2, -0.15) is 0 Å². The van der Waals surface area contributed by atoms with Crippen molar-refractivity contribution >= 4 is 15.9 Å². The Morgan fingerprint density at radius 3 is 2.69 bits per heavy atom. The number of nitrogens with one attached hydrogen (secondary N) is 3. The lowest BCUT2D eigenvalue weighted by molar-refractivity contribution is 0.0951. The second-order valence-corrected chi connectivity index (χ2v) is 9.17. The van der Waals surface area contributed by atoms with Gasteiger partial charge in [-0.1, -0.05) is 18.9 Å². The molecule has 1 heterocycles. The Balaban J connectivity index is 1.64. The molecular weight excluding hydrogens is 350 g/mol. The van der Waals surface area contributed by atoms with Gasteiger partial charge in [0.05, 0.1) is 4.90 Å². The van der Waals surface area contributed by atoms with E-state index in [9.17, 15) is 13.2 Å². The maximum Gasteiger partial charge on any atom is 0.251 e. The zero-order valence-electron chi connectivity index (χ0n) is 15.4. The average molecular weight is 380 g/mol. The van der Waals surface area contributed by atoms with E-state index in [-0.39, 0.29) is 16.8 Å². The molecule has 3 N–H and O–H groups in total. The highest BCUT2D eigenvalue weighted by atomic mass is 32.2. The Hall–Kier alpha value is -1.44. The number of amides is 1. The number of carbonyl (C=O) groups is 1. The minimum Gasteiger partial charge on any atom is -0.352 e. The van der Waals surface area contributed by atoms with Gasteiger partial charge in [-0.15, -0.1) is 0 Å². The van der Waals surface area contributed by atoms with Crippen LogP contribution in [0.25, 0.3) is 0 Å². The molecule has 0 radical (unpaired) electrons. The molecule has 1 aromatic rings.